The highest BCUT2D eigenvalue weighted by atomic mass is 19.1. The van der Waals surface area contributed by atoms with E-state index < -0.39 is 0 Å². The van der Waals surface area contributed by atoms with E-state index in [4.69, 9.17) is 0 Å². The minimum Gasteiger partial charge on any atom is -0.298 e. The monoisotopic (exact) mass is 283 g/mol. The zero-order valence-electron chi connectivity index (χ0n) is 11.8. The van der Waals surface area contributed by atoms with Crippen molar-refractivity contribution < 1.29 is 9.18 Å². The van der Waals surface area contributed by atoms with Gasteiger partial charge in [0.2, 0.25) is 0 Å². The molecule has 1 aliphatic rings. The molecular formula is C18H18FNO. The Balaban J connectivity index is 1.64. The fourth-order valence-corrected chi connectivity index (χ4v) is 2.91. The summed E-state index contributed by atoms with van der Waals surface area (Å²) in [4.78, 5) is 14.5. The van der Waals surface area contributed by atoms with Gasteiger partial charge in [-0.25, -0.2) is 4.39 Å². The Morgan fingerprint density at radius 2 is 1.76 bits per heavy atom. The van der Waals surface area contributed by atoms with Crippen molar-refractivity contribution in [1.29, 1.82) is 0 Å². The molecule has 1 fully saturated rings. The molecule has 0 bridgehead atoms. The maximum absolute atomic E-state index is 13.0. The first-order chi connectivity index (χ1) is 10.2. The lowest BCUT2D eigenvalue weighted by molar-refractivity contribution is -0.124. The fraction of sp³-hybridized carbons (Fsp3) is 0.278. The molecule has 21 heavy (non-hydrogen) atoms. The lowest BCUT2D eigenvalue weighted by atomic mass is 9.88. The van der Waals surface area contributed by atoms with Gasteiger partial charge in [-0.1, -0.05) is 42.5 Å². The number of Topliss-reactive ketones (excluding diaryl/α,β-unsaturated/α-hetero) is 1. The van der Waals surface area contributed by atoms with Crippen LogP contribution >= 0.6 is 0 Å². The van der Waals surface area contributed by atoms with E-state index in [0.29, 0.717) is 6.54 Å². The van der Waals surface area contributed by atoms with E-state index in [1.165, 1.54) is 17.7 Å². The maximum atomic E-state index is 13.0. The largest absolute Gasteiger partial charge is 0.298 e. The molecule has 3 rings (SSSR count). The quantitative estimate of drug-likeness (QED) is 0.860. The molecule has 1 atom stereocenters. The van der Waals surface area contributed by atoms with Gasteiger partial charge in [-0.2, -0.15) is 0 Å². The molecule has 2 aromatic rings. The van der Waals surface area contributed by atoms with Crippen molar-refractivity contribution in [2.45, 2.75) is 18.9 Å². The van der Waals surface area contributed by atoms with Crippen LogP contribution < -0.4 is 0 Å². The summed E-state index contributed by atoms with van der Waals surface area (Å²) in [5.41, 5.74) is 2.16. The van der Waals surface area contributed by atoms with E-state index in [9.17, 15) is 9.18 Å². The summed E-state index contributed by atoms with van der Waals surface area (Å²) < 4.78 is 13.0. The Labute approximate surface area is 124 Å². The number of piperidine rings is 1. The second-order valence-electron chi connectivity index (χ2n) is 5.56. The Morgan fingerprint density at radius 1 is 1.05 bits per heavy atom. The van der Waals surface area contributed by atoms with Crippen LogP contribution in [0.2, 0.25) is 0 Å². The highest BCUT2D eigenvalue weighted by Crippen LogP contribution is 2.26. The SMILES string of the molecule is O=C1CN(Cc2ccccc2)CC[C@H]1c1ccc(F)cc1. The number of benzene rings is 2. The number of rotatable bonds is 3. The number of carbonyl (C=O) groups excluding carboxylic acids is 1. The summed E-state index contributed by atoms with van der Waals surface area (Å²) in [5.74, 6) is -0.117. The molecule has 0 amide bonds. The fourth-order valence-electron chi connectivity index (χ4n) is 2.91. The van der Waals surface area contributed by atoms with Gasteiger partial charge in [0, 0.05) is 12.5 Å². The van der Waals surface area contributed by atoms with E-state index in [0.717, 1.165) is 25.1 Å². The average molecular weight is 283 g/mol. The molecule has 2 aromatic carbocycles. The molecular weight excluding hydrogens is 265 g/mol. The molecule has 0 spiro atoms. The highest BCUT2D eigenvalue weighted by Gasteiger charge is 2.28. The van der Waals surface area contributed by atoms with E-state index in [2.05, 4.69) is 17.0 Å². The van der Waals surface area contributed by atoms with Crippen LogP contribution in [0.3, 0.4) is 0 Å². The van der Waals surface area contributed by atoms with Crippen molar-refractivity contribution in [3.63, 3.8) is 0 Å². The predicted octanol–water partition coefficient (Wildman–Crippen LogP) is 3.38. The molecule has 1 saturated heterocycles. The van der Waals surface area contributed by atoms with E-state index in [-0.39, 0.29) is 17.5 Å². The predicted molar refractivity (Wildman–Crippen MR) is 80.5 cm³/mol. The van der Waals surface area contributed by atoms with Crippen molar-refractivity contribution in [2.75, 3.05) is 13.1 Å². The van der Waals surface area contributed by atoms with Crippen LogP contribution in [0.5, 0.6) is 0 Å². The summed E-state index contributed by atoms with van der Waals surface area (Å²) in [6.45, 7) is 2.17. The third kappa shape index (κ3) is 3.37. The third-order valence-electron chi connectivity index (χ3n) is 4.02. The number of hydrogen-bond acceptors (Lipinski definition) is 2. The summed E-state index contributed by atoms with van der Waals surface area (Å²) >= 11 is 0. The van der Waals surface area contributed by atoms with Crippen molar-refractivity contribution >= 4 is 5.78 Å². The minimum absolute atomic E-state index is 0.0855. The van der Waals surface area contributed by atoms with Crippen LogP contribution in [0.15, 0.2) is 54.6 Å². The second-order valence-corrected chi connectivity index (χ2v) is 5.56. The molecule has 0 aromatic heterocycles. The number of likely N-dealkylation sites (tertiary alicyclic amines) is 1. The molecule has 2 nitrogen and oxygen atoms in total. The van der Waals surface area contributed by atoms with Crippen LogP contribution in [-0.2, 0) is 11.3 Å². The van der Waals surface area contributed by atoms with Crippen LogP contribution in [0.25, 0.3) is 0 Å². The zero-order valence-corrected chi connectivity index (χ0v) is 11.8. The molecule has 1 heterocycles. The smallest absolute Gasteiger partial charge is 0.154 e. The first-order valence-electron chi connectivity index (χ1n) is 7.27. The molecule has 0 N–H and O–H groups in total. The molecule has 108 valence electrons. The van der Waals surface area contributed by atoms with Crippen molar-refractivity contribution in [2.24, 2.45) is 0 Å². The van der Waals surface area contributed by atoms with Gasteiger partial charge < -0.3 is 0 Å². The Hall–Kier alpha value is -2.00. The molecule has 3 heteroatoms. The number of nitrogens with zero attached hydrogens (tertiary/aromatic N) is 1. The Kier molecular flexibility index (Phi) is 4.11. The Bertz CT molecular complexity index is 609. The summed E-state index contributed by atoms with van der Waals surface area (Å²) in [6, 6.07) is 16.5. The van der Waals surface area contributed by atoms with Crippen LogP contribution in [-0.4, -0.2) is 23.8 Å². The van der Waals surface area contributed by atoms with Gasteiger partial charge in [-0.15, -0.1) is 0 Å². The molecule has 0 saturated carbocycles. The van der Waals surface area contributed by atoms with Gasteiger partial charge in [0.15, 0.2) is 5.78 Å². The summed E-state index contributed by atoms with van der Waals surface area (Å²) in [5, 5.41) is 0. The second kappa shape index (κ2) is 6.19. The first kappa shape index (κ1) is 14.0. The molecule has 0 aliphatic carbocycles. The number of halogens is 1. The van der Waals surface area contributed by atoms with Gasteiger partial charge in [-0.05, 0) is 36.2 Å². The number of hydrogen-bond donors (Lipinski definition) is 0. The first-order valence-corrected chi connectivity index (χ1v) is 7.27. The highest BCUT2D eigenvalue weighted by molar-refractivity contribution is 5.88. The van der Waals surface area contributed by atoms with E-state index in [1.807, 2.05) is 18.2 Å². The standard InChI is InChI=1S/C18H18FNO/c19-16-8-6-15(7-9-16)17-10-11-20(13-18(17)21)12-14-4-2-1-3-5-14/h1-9,17H,10-13H2/t17-/m0/s1. The van der Waals surface area contributed by atoms with Crippen LogP contribution in [0.4, 0.5) is 4.39 Å². The summed E-state index contributed by atoms with van der Waals surface area (Å²) in [6.07, 6.45) is 0.803. The van der Waals surface area contributed by atoms with Crippen molar-refractivity contribution in [1.82, 2.24) is 4.90 Å². The van der Waals surface area contributed by atoms with Gasteiger partial charge in [0.1, 0.15) is 5.82 Å². The molecule has 0 radical (unpaired) electrons. The number of ketones is 1. The average Bonchev–Trinajstić information content (AvgIpc) is 2.50. The molecule has 0 unspecified atom stereocenters. The zero-order chi connectivity index (χ0) is 14.7. The van der Waals surface area contributed by atoms with Gasteiger partial charge >= 0.3 is 0 Å². The summed E-state index contributed by atoms with van der Waals surface area (Å²) in [7, 11) is 0. The van der Waals surface area contributed by atoms with Crippen LogP contribution in [0, 0.1) is 5.82 Å². The lowest BCUT2D eigenvalue weighted by Crippen LogP contribution is -2.39. The number of carbonyl (C=O) groups is 1. The lowest BCUT2D eigenvalue weighted by Gasteiger charge is -2.31. The van der Waals surface area contributed by atoms with Crippen molar-refractivity contribution in [3.05, 3.63) is 71.5 Å². The third-order valence-corrected chi connectivity index (χ3v) is 4.02. The van der Waals surface area contributed by atoms with Gasteiger partial charge in [0.25, 0.3) is 0 Å². The van der Waals surface area contributed by atoms with E-state index in [1.54, 1.807) is 12.1 Å². The topological polar surface area (TPSA) is 20.3 Å². The van der Waals surface area contributed by atoms with Crippen LogP contribution in [0.1, 0.15) is 23.5 Å². The minimum atomic E-state index is -0.257. The van der Waals surface area contributed by atoms with E-state index >= 15 is 0 Å². The Morgan fingerprint density at radius 3 is 2.43 bits per heavy atom. The maximum Gasteiger partial charge on any atom is 0.154 e. The normalized spacial score (nSPS) is 19.7. The van der Waals surface area contributed by atoms with Gasteiger partial charge in [0.05, 0.1) is 6.54 Å². The van der Waals surface area contributed by atoms with Crippen molar-refractivity contribution in [3.8, 4) is 0 Å². The van der Waals surface area contributed by atoms with Gasteiger partial charge in [-0.3, -0.25) is 9.69 Å². The molecule has 1 aliphatic heterocycles.